The molecule has 186 valence electrons. The largest absolute Gasteiger partial charge is 0.469 e. The summed E-state index contributed by atoms with van der Waals surface area (Å²) in [5.74, 6) is -0.216. The number of methoxy groups -OCH3 is 1. The van der Waals surface area contributed by atoms with Crippen LogP contribution in [0.1, 0.15) is 45.1 Å². The van der Waals surface area contributed by atoms with Crippen LogP contribution in [0.5, 0.6) is 0 Å². The van der Waals surface area contributed by atoms with Crippen LogP contribution in [0.3, 0.4) is 0 Å². The Bertz CT molecular complexity index is 1410. The lowest BCUT2D eigenvalue weighted by Crippen LogP contribution is -2.23. The van der Waals surface area contributed by atoms with Gasteiger partial charge in [0.15, 0.2) is 0 Å². The number of halogens is 1. The van der Waals surface area contributed by atoms with Gasteiger partial charge in [-0.2, -0.15) is 5.10 Å². The van der Waals surface area contributed by atoms with Crippen LogP contribution < -0.4 is 5.32 Å². The quantitative estimate of drug-likeness (QED) is 0.376. The van der Waals surface area contributed by atoms with Crippen molar-refractivity contribution in [2.24, 2.45) is 0 Å². The van der Waals surface area contributed by atoms with Gasteiger partial charge >= 0.3 is 5.97 Å². The van der Waals surface area contributed by atoms with Crippen LogP contribution in [0, 0.1) is 26.6 Å². The molecule has 0 radical (unpaired) electrons. The van der Waals surface area contributed by atoms with Crippen LogP contribution in [-0.2, 0) is 22.5 Å². The van der Waals surface area contributed by atoms with E-state index in [-0.39, 0.29) is 24.2 Å². The lowest BCUT2D eigenvalue weighted by atomic mass is 10.1. The highest BCUT2D eigenvalue weighted by Crippen LogP contribution is 2.20. The molecule has 0 aliphatic rings. The predicted octanol–water partition coefficient (Wildman–Crippen LogP) is 4.16. The molecule has 0 aliphatic carbocycles. The molecule has 8 nitrogen and oxygen atoms in total. The number of nitrogens with zero attached hydrogens (tertiary/aromatic N) is 4. The van der Waals surface area contributed by atoms with Gasteiger partial charge in [-0.3, -0.25) is 9.59 Å². The average molecular weight is 490 g/mol. The first-order valence-corrected chi connectivity index (χ1v) is 11.6. The number of hydrogen-bond acceptors (Lipinski definition) is 5. The van der Waals surface area contributed by atoms with Crippen molar-refractivity contribution in [1.29, 1.82) is 0 Å². The summed E-state index contributed by atoms with van der Waals surface area (Å²) in [5, 5.41) is 7.43. The molecule has 0 atom stereocenters. The van der Waals surface area contributed by atoms with E-state index >= 15 is 0 Å². The van der Waals surface area contributed by atoms with Crippen molar-refractivity contribution in [1.82, 2.24) is 24.6 Å². The SMILES string of the molecule is COC(=O)CCc1c(C)nn(-c2ccc(C(=O)NCc3ccc(-n4ccnc4C)c(F)c3)cc2)c1C. The molecular weight excluding hydrogens is 461 g/mol. The summed E-state index contributed by atoms with van der Waals surface area (Å²) in [6, 6.07) is 12.0. The minimum atomic E-state index is -0.386. The summed E-state index contributed by atoms with van der Waals surface area (Å²) in [7, 11) is 1.38. The molecule has 0 spiro atoms. The highest BCUT2D eigenvalue weighted by Gasteiger charge is 2.15. The van der Waals surface area contributed by atoms with Crippen molar-refractivity contribution in [3.63, 3.8) is 0 Å². The molecule has 2 heterocycles. The van der Waals surface area contributed by atoms with Gasteiger partial charge < -0.3 is 14.6 Å². The van der Waals surface area contributed by atoms with Crippen LogP contribution >= 0.6 is 0 Å². The summed E-state index contributed by atoms with van der Waals surface area (Å²) >= 11 is 0. The fraction of sp³-hybridized carbons (Fsp3) is 0.259. The zero-order chi connectivity index (χ0) is 25.8. The second-order valence-electron chi connectivity index (χ2n) is 8.50. The predicted molar refractivity (Wildman–Crippen MR) is 133 cm³/mol. The zero-order valence-corrected chi connectivity index (χ0v) is 20.7. The van der Waals surface area contributed by atoms with Crippen molar-refractivity contribution in [2.45, 2.75) is 40.2 Å². The molecule has 1 N–H and O–H groups in total. The Balaban J connectivity index is 1.41. The molecule has 0 fully saturated rings. The smallest absolute Gasteiger partial charge is 0.305 e. The molecule has 0 unspecified atom stereocenters. The second kappa shape index (κ2) is 10.6. The molecule has 4 aromatic rings. The first-order chi connectivity index (χ1) is 17.3. The third-order valence-electron chi connectivity index (χ3n) is 6.17. The molecule has 0 bridgehead atoms. The van der Waals surface area contributed by atoms with E-state index in [0.29, 0.717) is 35.5 Å². The minimum absolute atomic E-state index is 0.196. The standard InChI is InChI=1S/C27H28FN5O3/c1-17-23(10-12-26(34)36-4)18(2)33(31-17)22-8-6-21(7-9-22)27(35)30-16-20-5-11-25(24(28)15-20)32-14-13-29-19(32)3/h5-9,11,13-15H,10,12,16H2,1-4H3,(H,30,35). The summed E-state index contributed by atoms with van der Waals surface area (Å²) in [5.41, 5.74) is 5.14. The van der Waals surface area contributed by atoms with Gasteiger partial charge in [0.05, 0.1) is 24.2 Å². The van der Waals surface area contributed by atoms with Crippen molar-refractivity contribution >= 4 is 11.9 Å². The highest BCUT2D eigenvalue weighted by molar-refractivity contribution is 5.94. The van der Waals surface area contributed by atoms with Gasteiger partial charge in [0.2, 0.25) is 0 Å². The number of carbonyl (C=O) groups excluding carboxylic acids is 2. The normalized spacial score (nSPS) is 10.9. The van der Waals surface area contributed by atoms with Gasteiger partial charge in [-0.15, -0.1) is 0 Å². The first kappa shape index (κ1) is 24.8. The molecule has 0 aliphatic heterocycles. The number of aryl methyl sites for hydroxylation is 2. The molecule has 2 aromatic carbocycles. The molecular formula is C27H28FN5O3. The fourth-order valence-corrected chi connectivity index (χ4v) is 4.14. The molecule has 4 rings (SSSR count). The molecule has 0 saturated carbocycles. The Morgan fingerprint density at radius 1 is 1.08 bits per heavy atom. The number of ether oxygens (including phenoxy) is 1. The van der Waals surface area contributed by atoms with Crippen molar-refractivity contribution in [3.05, 3.63) is 94.6 Å². The number of imidazole rings is 1. The topological polar surface area (TPSA) is 91.0 Å². The summed E-state index contributed by atoms with van der Waals surface area (Å²) in [6.45, 7) is 5.86. The summed E-state index contributed by atoms with van der Waals surface area (Å²) in [4.78, 5) is 28.3. The number of aromatic nitrogens is 4. The number of nitrogens with one attached hydrogen (secondary N) is 1. The van der Waals surface area contributed by atoms with Gasteiger partial charge in [0.1, 0.15) is 11.6 Å². The van der Waals surface area contributed by atoms with Crippen molar-refractivity contribution in [3.8, 4) is 11.4 Å². The minimum Gasteiger partial charge on any atom is -0.469 e. The number of rotatable bonds is 8. The lowest BCUT2D eigenvalue weighted by Gasteiger charge is -2.10. The van der Waals surface area contributed by atoms with Crippen LogP contribution in [0.4, 0.5) is 4.39 Å². The monoisotopic (exact) mass is 489 g/mol. The van der Waals surface area contributed by atoms with Crippen LogP contribution in [0.2, 0.25) is 0 Å². The molecule has 2 aromatic heterocycles. The summed E-state index contributed by atoms with van der Waals surface area (Å²) < 4.78 is 22.8. The van der Waals surface area contributed by atoms with Gasteiger partial charge in [0.25, 0.3) is 5.91 Å². The average Bonchev–Trinajstić information content (AvgIpc) is 3.43. The molecule has 36 heavy (non-hydrogen) atoms. The molecule has 9 heteroatoms. The third-order valence-corrected chi connectivity index (χ3v) is 6.17. The number of esters is 1. The third kappa shape index (κ3) is 5.19. The lowest BCUT2D eigenvalue weighted by molar-refractivity contribution is -0.140. The highest BCUT2D eigenvalue weighted by atomic mass is 19.1. The van der Waals surface area contributed by atoms with Crippen molar-refractivity contribution < 1.29 is 18.7 Å². The van der Waals surface area contributed by atoms with Crippen LogP contribution in [0.15, 0.2) is 54.9 Å². The second-order valence-corrected chi connectivity index (χ2v) is 8.50. The van der Waals surface area contributed by atoms with Gasteiger partial charge in [-0.1, -0.05) is 6.07 Å². The number of benzene rings is 2. The Hall–Kier alpha value is -4.27. The van der Waals surface area contributed by atoms with E-state index in [1.807, 2.05) is 26.0 Å². The van der Waals surface area contributed by atoms with Crippen molar-refractivity contribution in [2.75, 3.05) is 7.11 Å². The van der Waals surface area contributed by atoms with E-state index in [9.17, 15) is 14.0 Å². The number of carbonyl (C=O) groups is 2. The van der Waals surface area contributed by atoms with E-state index < -0.39 is 0 Å². The molecule has 1 amide bonds. The van der Waals surface area contributed by atoms with E-state index in [2.05, 4.69) is 15.4 Å². The zero-order valence-electron chi connectivity index (χ0n) is 20.7. The van der Waals surface area contributed by atoms with E-state index in [0.717, 1.165) is 22.6 Å². The van der Waals surface area contributed by atoms with E-state index in [1.54, 1.807) is 52.8 Å². The maximum atomic E-state index is 14.6. The van der Waals surface area contributed by atoms with Gasteiger partial charge in [0, 0.05) is 36.6 Å². The Morgan fingerprint density at radius 2 is 1.83 bits per heavy atom. The Labute approximate surface area is 208 Å². The maximum Gasteiger partial charge on any atom is 0.305 e. The fourth-order valence-electron chi connectivity index (χ4n) is 4.14. The van der Waals surface area contributed by atoms with Gasteiger partial charge in [-0.25, -0.2) is 14.1 Å². The van der Waals surface area contributed by atoms with Gasteiger partial charge in [-0.05, 0) is 74.7 Å². The van der Waals surface area contributed by atoms with Crippen LogP contribution in [0.25, 0.3) is 11.4 Å². The summed E-state index contributed by atoms with van der Waals surface area (Å²) in [6.07, 6.45) is 4.16. The van der Waals surface area contributed by atoms with Crippen LogP contribution in [-0.4, -0.2) is 38.3 Å². The first-order valence-electron chi connectivity index (χ1n) is 11.6. The number of hydrogen-bond donors (Lipinski definition) is 1. The van der Waals surface area contributed by atoms with E-state index in [4.69, 9.17) is 4.74 Å². The molecule has 0 saturated heterocycles. The Kier molecular flexibility index (Phi) is 7.28. The number of amides is 1. The Morgan fingerprint density at radius 3 is 2.47 bits per heavy atom. The van der Waals surface area contributed by atoms with E-state index in [1.165, 1.54) is 13.2 Å². The maximum absolute atomic E-state index is 14.6.